The highest BCUT2D eigenvalue weighted by Gasteiger charge is 1.87. The summed E-state index contributed by atoms with van der Waals surface area (Å²) in [5.41, 5.74) is 0. The first-order valence-electron chi connectivity index (χ1n) is 2.21. The maximum absolute atomic E-state index is 4.98. The molecule has 0 amide bonds. The topological polar surface area (TPSA) is 0 Å². The molecule has 0 radical (unpaired) electrons. The van der Waals surface area contributed by atoms with Gasteiger partial charge >= 0.3 is 0 Å². The van der Waals surface area contributed by atoms with Gasteiger partial charge in [0.2, 0.25) is 7.28 Å². The molecule has 0 aromatic rings. The Morgan fingerprint density at radius 2 is 2.17 bits per heavy atom. The van der Waals surface area contributed by atoms with Gasteiger partial charge in [-0.05, 0) is 0 Å². The number of hydrogen-bond donors (Lipinski definition) is 0. The van der Waals surface area contributed by atoms with Gasteiger partial charge in [0.15, 0.2) is 0 Å². The fraction of sp³-hybridized carbons (Fsp3) is 0.600. The van der Waals surface area contributed by atoms with Crippen LogP contribution in [0.1, 0.15) is 13.8 Å². The molecule has 1 heteroatoms. The molecule has 0 aliphatic heterocycles. The minimum Gasteiger partial charge on any atom is -0.163 e. The third kappa shape index (κ3) is 3.62. The molecule has 0 aliphatic carbocycles. The molecule has 0 fully saturated rings. The van der Waals surface area contributed by atoms with E-state index in [1.165, 1.54) is 0 Å². The average molecular weight is 79.9 g/mol. The van der Waals surface area contributed by atoms with E-state index in [-0.39, 0.29) is 0 Å². The van der Waals surface area contributed by atoms with Gasteiger partial charge in [0, 0.05) is 0 Å². The summed E-state index contributed by atoms with van der Waals surface area (Å²) in [5, 5.41) is 0. The second-order valence-corrected chi connectivity index (χ2v) is 1.80. The van der Waals surface area contributed by atoms with Crippen molar-refractivity contribution < 1.29 is 0 Å². The van der Waals surface area contributed by atoms with Crippen molar-refractivity contribution in [1.82, 2.24) is 0 Å². The molecule has 6 heavy (non-hydrogen) atoms. The van der Waals surface area contributed by atoms with Crippen molar-refractivity contribution in [3.8, 4) is 12.2 Å². The Kier molecular flexibility index (Phi) is 2.66. The third-order valence-corrected chi connectivity index (χ3v) is 0.526. The van der Waals surface area contributed by atoms with Crippen LogP contribution >= 0.6 is 0 Å². The van der Waals surface area contributed by atoms with Crippen LogP contribution in [0.15, 0.2) is 0 Å². The molecular weight excluding hydrogens is 70.9 g/mol. The van der Waals surface area contributed by atoms with E-state index < -0.39 is 0 Å². The zero-order chi connectivity index (χ0) is 4.99. The lowest BCUT2D eigenvalue weighted by Crippen LogP contribution is -1.88. The Bertz CT molecular complexity index is 58.8. The smallest absolute Gasteiger partial charge is 0.163 e. The highest BCUT2D eigenvalue weighted by Crippen LogP contribution is 1.92. The number of rotatable bonds is 1. The molecule has 0 nitrogen and oxygen atoms in total. The van der Waals surface area contributed by atoms with Crippen LogP contribution in [0.3, 0.4) is 0 Å². The largest absolute Gasteiger partial charge is 0.215 e. The van der Waals surface area contributed by atoms with E-state index in [0.29, 0.717) is 5.82 Å². The first-order chi connectivity index (χ1) is 2.77. The molecule has 0 saturated heterocycles. The Morgan fingerprint density at radius 1 is 1.67 bits per heavy atom. The first-order valence-corrected chi connectivity index (χ1v) is 2.21. The van der Waals surface area contributed by atoms with Crippen LogP contribution in [-0.4, -0.2) is 7.28 Å². The zero-order valence-corrected chi connectivity index (χ0v) is 4.36. The van der Waals surface area contributed by atoms with Crippen LogP contribution in [0, 0.1) is 12.2 Å². The Morgan fingerprint density at radius 3 is 2.17 bits per heavy atom. The van der Waals surface area contributed by atoms with Crippen LogP contribution in [0.5, 0.6) is 0 Å². The SMILES string of the molecule is C#CBC(C)C. The van der Waals surface area contributed by atoms with Crippen molar-refractivity contribution in [3.63, 3.8) is 0 Å². The van der Waals surface area contributed by atoms with Crippen molar-refractivity contribution >= 4 is 7.28 Å². The Labute approximate surface area is 40.2 Å². The summed E-state index contributed by atoms with van der Waals surface area (Å²) in [7, 11) is 0.903. The van der Waals surface area contributed by atoms with E-state index in [0.717, 1.165) is 7.28 Å². The minimum atomic E-state index is 0.662. The predicted octanol–water partition coefficient (Wildman–Crippen LogP) is 0.842. The van der Waals surface area contributed by atoms with E-state index >= 15 is 0 Å². The van der Waals surface area contributed by atoms with Gasteiger partial charge in [-0.1, -0.05) is 19.7 Å². The molecule has 0 saturated carbocycles. The normalized spacial score (nSPS) is 7.67. The molecule has 0 spiro atoms. The molecule has 32 valence electrons. The molecule has 0 atom stereocenters. The third-order valence-electron chi connectivity index (χ3n) is 0.526. The van der Waals surface area contributed by atoms with Crippen molar-refractivity contribution in [2.45, 2.75) is 19.7 Å². The zero-order valence-electron chi connectivity index (χ0n) is 4.36. The lowest BCUT2D eigenvalue weighted by Gasteiger charge is -1.87. The molecule has 0 bridgehead atoms. The fourth-order valence-electron chi connectivity index (χ4n) is 0.236. The van der Waals surface area contributed by atoms with Crippen molar-refractivity contribution in [1.29, 1.82) is 0 Å². The summed E-state index contributed by atoms with van der Waals surface area (Å²) in [4.78, 5) is 0. The highest BCUT2D eigenvalue weighted by molar-refractivity contribution is 6.47. The maximum atomic E-state index is 4.98. The molecule has 0 rings (SSSR count). The standard InChI is InChI=1S/C5H9B/c1-4-6-5(2)3/h1,5-6H,2-3H3. The molecule has 0 aromatic carbocycles. The van der Waals surface area contributed by atoms with Crippen molar-refractivity contribution in [2.75, 3.05) is 0 Å². The monoisotopic (exact) mass is 80.1 g/mol. The Balaban J connectivity index is 2.88. The van der Waals surface area contributed by atoms with Crippen LogP contribution in [0.25, 0.3) is 0 Å². The molecule has 0 N–H and O–H groups in total. The quantitative estimate of drug-likeness (QED) is 0.323. The predicted molar refractivity (Wildman–Crippen MR) is 31.1 cm³/mol. The lowest BCUT2D eigenvalue weighted by atomic mass is 9.68. The average Bonchev–Trinajstić information content (AvgIpc) is 1.35. The van der Waals surface area contributed by atoms with Gasteiger partial charge in [0.1, 0.15) is 0 Å². The van der Waals surface area contributed by atoms with Gasteiger partial charge in [0.05, 0.1) is 0 Å². The van der Waals surface area contributed by atoms with Crippen molar-refractivity contribution in [2.24, 2.45) is 0 Å². The lowest BCUT2D eigenvalue weighted by molar-refractivity contribution is 1.07. The van der Waals surface area contributed by atoms with Gasteiger partial charge in [-0.15, -0.1) is 6.42 Å². The summed E-state index contributed by atoms with van der Waals surface area (Å²) in [6, 6.07) is 0. The second kappa shape index (κ2) is 2.84. The summed E-state index contributed by atoms with van der Waals surface area (Å²) >= 11 is 0. The Hall–Kier alpha value is -0.375. The van der Waals surface area contributed by atoms with E-state index in [9.17, 15) is 0 Å². The summed E-state index contributed by atoms with van der Waals surface area (Å²) < 4.78 is 0. The number of hydrogen-bond acceptors (Lipinski definition) is 0. The first kappa shape index (κ1) is 5.62. The van der Waals surface area contributed by atoms with E-state index in [1.54, 1.807) is 0 Å². The van der Waals surface area contributed by atoms with Crippen LogP contribution in [-0.2, 0) is 0 Å². The maximum Gasteiger partial charge on any atom is 0.215 e. The summed E-state index contributed by atoms with van der Waals surface area (Å²) in [5.74, 6) is 3.23. The van der Waals surface area contributed by atoms with E-state index in [1.807, 2.05) is 0 Å². The number of terminal acetylenes is 1. The van der Waals surface area contributed by atoms with Crippen LogP contribution in [0.2, 0.25) is 5.82 Å². The summed E-state index contributed by atoms with van der Waals surface area (Å²) in [6.45, 7) is 4.22. The highest BCUT2D eigenvalue weighted by atomic mass is 13.7. The molecule has 0 heterocycles. The summed E-state index contributed by atoms with van der Waals surface area (Å²) in [6.07, 6.45) is 4.98. The second-order valence-electron chi connectivity index (χ2n) is 1.80. The van der Waals surface area contributed by atoms with Gasteiger partial charge in [-0.2, -0.15) is 5.82 Å². The van der Waals surface area contributed by atoms with Gasteiger partial charge in [0.25, 0.3) is 0 Å². The van der Waals surface area contributed by atoms with Gasteiger partial charge in [-0.3, -0.25) is 0 Å². The molecule has 0 aliphatic rings. The fourth-order valence-corrected chi connectivity index (χ4v) is 0.236. The van der Waals surface area contributed by atoms with E-state index in [4.69, 9.17) is 6.42 Å². The molecule has 0 aromatic heterocycles. The van der Waals surface area contributed by atoms with Gasteiger partial charge < -0.3 is 0 Å². The van der Waals surface area contributed by atoms with E-state index in [2.05, 4.69) is 19.7 Å². The molecule has 0 unspecified atom stereocenters. The van der Waals surface area contributed by atoms with Gasteiger partial charge in [-0.25, -0.2) is 0 Å². The van der Waals surface area contributed by atoms with Crippen LogP contribution in [0.4, 0.5) is 0 Å². The minimum absolute atomic E-state index is 0.662. The molecular formula is C5H9B. The van der Waals surface area contributed by atoms with Crippen LogP contribution < -0.4 is 0 Å². The van der Waals surface area contributed by atoms with Crippen molar-refractivity contribution in [3.05, 3.63) is 0 Å².